The smallest absolute Gasteiger partial charge is 0.264 e. The monoisotopic (exact) mass is 648 g/mol. The third-order valence-corrected chi connectivity index (χ3v) is 10.6. The van der Waals surface area contributed by atoms with Crippen LogP contribution >= 0.6 is 23.2 Å². The summed E-state index contributed by atoms with van der Waals surface area (Å²) in [6.07, 6.45) is 0. The molecule has 10 nitrogen and oxygen atoms in total. The molecule has 0 aromatic heterocycles. The van der Waals surface area contributed by atoms with Crippen molar-refractivity contribution in [3.8, 4) is 0 Å². The van der Waals surface area contributed by atoms with Crippen LogP contribution in [0.1, 0.15) is 17.0 Å². The van der Waals surface area contributed by atoms with Gasteiger partial charge in [-0.25, -0.2) is 31.6 Å². The molecule has 222 valence electrons. The van der Waals surface area contributed by atoms with Gasteiger partial charge in [0.2, 0.25) is 16.0 Å². The van der Waals surface area contributed by atoms with Crippen molar-refractivity contribution < 1.29 is 16.8 Å². The van der Waals surface area contributed by atoms with Crippen LogP contribution in [0.15, 0.2) is 93.9 Å². The number of hydrogen-bond donors (Lipinski definition) is 2. The average molecular weight is 650 g/mol. The van der Waals surface area contributed by atoms with E-state index in [2.05, 4.69) is 15.0 Å². The number of sulfonamides is 2. The van der Waals surface area contributed by atoms with E-state index in [1.54, 1.807) is 12.1 Å². The molecule has 2 aliphatic heterocycles. The summed E-state index contributed by atoms with van der Waals surface area (Å²) in [5.74, 6) is -0.573. The van der Waals surface area contributed by atoms with Crippen LogP contribution in [-0.2, 0) is 20.0 Å². The fourth-order valence-corrected chi connectivity index (χ4v) is 7.33. The summed E-state index contributed by atoms with van der Waals surface area (Å²) in [4.78, 5) is 4.44. The van der Waals surface area contributed by atoms with Gasteiger partial charge in [-0.1, -0.05) is 65.7 Å². The molecule has 0 saturated carbocycles. The number of guanidine groups is 1. The number of benzene rings is 3. The first-order valence-corrected chi connectivity index (χ1v) is 17.2. The maximum atomic E-state index is 13.4. The molecule has 42 heavy (non-hydrogen) atoms. The molecule has 2 N–H and O–H groups in total. The summed E-state index contributed by atoms with van der Waals surface area (Å²) in [5, 5.41) is 10.4. The standard InChI is InChI=1S/C28H30Cl2N6O4S2/c29-23-8-6-22(7-9-23)27-26(21-4-2-1-3-5-21)20-36(33-27)28(34-42(39,40)25-12-10-24(30)11-13-25)32-16-19-41(37,38)35-17-14-31-15-18-35/h1-13,26,31H,14-20H2,(H,32,34)/t26-/m1/s1. The lowest BCUT2D eigenvalue weighted by Crippen LogP contribution is -2.47. The third kappa shape index (κ3) is 7.31. The van der Waals surface area contributed by atoms with Crippen molar-refractivity contribution in [2.75, 3.05) is 45.0 Å². The molecule has 3 aromatic rings. The van der Waals surface area contributed by atoms with E-state index in [0.717, 1.165) is 11.1 Å². The van der Waals surface area contributed by atoms with Crippen LogP contribution in [-0.4, -0.2) is 82.8 Å². The molecule has 0 bridgehead atoms. The first-order chi connectivity index (χ1) is 20.1. The number of aliphatic imine (C=N–C) groups is 1. The molecule has 2 heterocycles. The summed E-state index contributed by atoms with van der Waals surface area (Å²) in [6, 6.07) is 22.7. The van der Waals surface area contributed by atoms with Crippen molar-refractivity contribution >= 4 is 54.9 Å². The summed E-state index contributed by atoms with van der Waals surface area (Å²) in [5.41, 5.74) is 2.50. The number of piperazine rings is 1. The van der Waals surface area contributed by atoms with Crippen LogP contribution in [0.5, 0.6) is 0 Å². The van der Waals surface area contributed by atoms with Crippen LogP contribution in [0.25, 0.3) is 0 Å². The molecule has 0 spiro atoms. The van der Waals surface area contributed by atoms with E-state index < -0.39 is 20.0 Å². The second-order valence-electron chi connectivity index (χ2n) is 9.77. The molecule has 3 aromatic carbocycles. The molecule has 0 radical (unpaired) electrons. The lowest BCUT2D eigenvalue weighted by atomic mass is 9.91. The Morgan fingerprint density at radius 1 is 0.905 bits per heavy atom. The van der Waals surface area contributed by atoms with Gasteiger partial charge in [0.15, 0.2) is 0 Å². The second-order valence-corrected chi connectivity index (χ2v) is 14.4. The van der Waals surface area contributed by atoms with Crippen molar-refractivity contribution in [1.82, 2.24) is 19.4 Å². The Kier molecular flexibility index (Phi) is 9.50. The van der Waals surface area contributed by atoms with Crippen molar-refractivity contribution in [3.05, 3.63) is 100 Å². The van der Waals surface area contributed by atoms with Crippen LogP contribution in [0.4, 0.5) is 0 Å². The molecule has 0 unspecified atom stereocenters. The number of halogens is 2. The Hall–Kier alpha value is -3.00. The number of nitrogens with zero attached hydrogens (tertiary/aromatic N) is 4. The third-order valence-electron chi connectivity index (χ3n) is 6.93. The predicted octanol–water partition coefficient (Wildman–Crippen LogP) is 3.37. The fraction of sp³-hybridized carbons (Fsp3) is 0.286. The van der Waals surface area contributed by atoms with Gasteiger partial charge in [0.1, 0.15) is 0 Å². The van der Waals surface area contributed by atoms with Crippen molar-refractivity contribution in [2.24, 2.45) is 10.1 Å². The SMILES string of the molecule is O=S(=O)(NC(=NCCS(=O)(=O)N1CCNCC1)N1C[C@H](c2ccccc2)C(c2ccc(Cl)cc2)=N1)c1ccc(Cl)cc1. The first kappa shape index (κ1) is 30.5. The van der Waals surface area contributed by atoms with E-state index in [4.69, 9.17) is 28.3 Å². The lowest BCUT2D eigenvalue weighted by molar-refractivity contribution is 0.360. The lowest BCUT2D eigenvalue weighted by Gasteiger charge is -2.26. The highest BCUT2D eigenvalue weighted by atomic mass is 35.5. The predicted molar refractivity (Wildman–Crippen MR) is 166 cm³/mol. The zero-order chi connectivity index (χ0) is 29.7. The minimum Gasteiger partial charge on any atom is -0.314 e. The topological polar surface area (TPSA) is 124 Å². The van der Waals surface area contributed by atoms with Crippen LogP contribution < -0.4 is 10.0 Å². The van der Waals surface area contributed by atoms with Gasteiger partial charge in [0, 0.05) is 42.1 Å². The molecular weight excluding hydrogens is 619 g/mol. The maximum absolute atomic E-state index is 13.4. The van der Waals surface area contributed by atoms with E-state index >= 15 is 0 Å². The van der Waals surface area contributed by atoms with E-state index in [-0.39, 0.29) is 35.6 Å². The summed E-state index contributed by atoms with van der Waals surface area (Å²) >= 11 is 12.1. The number of nitrogens with one attached hydrogen (secondary N) is 2. The average Bonchev–Trinajstić information content (AvgIpc) is 3.44. The van der Waals surface area contributed by atoms with Gasteiger partial charge in [0.05, 0.1) is 29.4 Å². The molecule has 14 heteroatoms. The van der Waals surface area contributed by atoms with Gasteiger partial charge < -0.3 is 5.32 Å². The van der Waals surface area contributed by atoms with Gasteiger partial charge >= 0.3 is 0 Å². The van der Waals surface area contributed by atoms with Crippen molar-refractivity contribution in [2.45, 2.75) is 10.8 Å². The normalized spacial score (nSPS) is 18.6. The minimum absolute atomic E-state index is 0.0197. The number of hydrazone groups is 1. The Morgan fingerprint density at radius 2 is 1.52 bits per heavy atom. The van der Waals surface area contributed by atoms with E-state index in [9.17, 15) is 16.8 Å². The van der Waals surface area contributed by atoms with Gasteiger partial charge in [-0.05, 0) is 47.5 Å². The van der Waals surface area contributed by atoms with Gasteiger partial charge in [-0.3, -0.25) is 0 Å². The fourth-order valence-electron chi connectivity index (χ4n) is 4.74. The zero-order valence-corrected chi connectivity index (χ0v) is 25.7. The molecular formula is C28H30Cl2N6O4S2. The molecule has 2 aliphatic rings. The quantitative estimate of drug-likeness (QED) is 0.285. The minimum atomic E-state index is -4.11. The largest absolute Gasteiger partial charge is 0.314 e. The summed E-state index contributed by atoms with van der Waals surface area (Å²) in [6.45, 7) is 2.01. The van der Waals surface area contributed by atoms with E-state index in [0.29, 0.717) is 41.9 Å². The Morgan fingerprint density at radius 3 is 2.17 bits per heavy atom. The van der Waals surface area contributed by atoms with E-state index in [1.807, 2.05) is 42.5 Å². The van der Waals surface area contributed by atoms with Gasteiger partial charge in [-0.2, -0.15) is 9.41 Å². The summed E-state index contributed by atoms with van der Waals surface area (Å²) in [7, 11) is -7.69. The molecule has 0 aliphatic carbocycles. The number of hydrogen-bond acceptors (Lipinski definition) is 7. The maximum Gasteiger partial charge on any atom is 0.264 e. The Labute approximate surface area is 256 Å². The first-order valence-electron chi connectivity index (χ1n) is 13.3. The highest BCUT2D eigenvalue weighted by molar-refractivity contribution is 7.90. The second kappa shape index (κ2) is 13.1. The molecule has 1 atom stereocenters. The molecule has 1 fully saturated rings. The van der Waals surface area contributed by atoms with Gasteiger partial charge in [-0.15, -0.1) is 0 Å². The van der Waals surface area contributed by atoms with Gasteiger partial charge in [0.25, 0.3) is 10.0 Å². The Balaban J connectivity index is 1.49. The van der Waals surface area contributed by atoms with Crippen molar-refractivity contribution in [3.63, 3.8) is 0 Å². The van der Waals surface area contributed by atoms with Crippen LogP contribution in [0.3, 0.4) is 0 Å². The number of rotatable bonds is 8. The van der Waals surface area contributed by atoms with Crippen LogP contribution in [0.2, 0.25) is 10.0 Å². The summed E-state index contributed by atoms with van der Waals surface area (Å²) < 4.78 is 56.7. The highest BCUT2D eigenvalue weighted by Gasteiger charge is 2.33. The highest BCUT2D eigenvalue weighted by Crippen LogP contribution is 2.29. The van der Waals surface area contributed by atoms with Crippen molar-refractivity contribution in [1.29, 1.82) is 0 Å². The zero-order valence-electron chi connectivity index (χ0n) is 22.5. The molecule has 5 rings (SSSR count). The molecule has 1 saturated heterocycles. The Bertz CT molecular complexity index is 1660. The van der Waals surface area contributed by atoms with E-state index in [1.165, 1.54) is 33.6 Å². The molecule has 0 amide bonds. The van der Waals surface area contributed by atoms with Crippen LogP contribution in [0, 0.1) is 0 Å².